The van der Waals surface area contributed by atoms with Gasteiger partial charge < -0.3 is 25.8 Å². The Labute approximate surface area is 110 Å². The summed E-state index contributed by atoms with van der Waals surface area (Å²) in [6.45, 7) is 1.90. The zero-order valence-electron chi connectivity index (χ0n) is 9.79. The van der Waals surface area contributed by atoms with Crippen LogP contribution in [0, 0.1) is 0 Å². The number of halogens is 1. The van der Waals surface area contributed by atoms with Crippen molar-refractivity contribution in [1.29, 1.82) is 0 Å². The average Bonchev–Trinajstić information content (AvgIpc) is 2.15. The summed E-state index contributed by atoms with van der Waals surface area (Å²) in [4.78, 5) is 11.2. The zero-order chi connectivity index (χ0) is 13.0. The van der Waals surface area contributed by atoms with Crippen LogP contribution in [0.1, 0.15) is 24.9 Å². The first kappa shape index (κ1) is 16.3. The molecule has 0 fully saturated rings. The van der Waals surface area contributed by atoms with Gasteiger partial charge in [0.15, 0.2) is 0 Å². The summed E-state index contributed by atoms with van der Waals surface area (Å²) in [6, 6.07) is 1.19. The van der Waals surface area contributed by atoms with Crippen molar-refractivity contribution in [3.63, 3.8) is 0 Å². The summed E-state index contributed by atoms with van der Waals surface area (Å²) in [6.07, 6.45) is -0.167. The number of carbonyl (C=O) groups excluding carboxylic acids is 1. The summed E-state index contributed by atoms with van der Waals surface area (Å²) in [5.41, 5.74) is 5.69. The number of nitrogens with two attached hydrogens (primary N) is 1. The van der Waals surface area contributed by atoms with Gasteiger partial charge in [0.25, 0.3) is 0 Å². The van der Waals surface area contributed by atoms with Crippen LogP contribution in [0.15, 0.2) is 12.1 Å². The molecular weight excluding hydrogens is 262 g/mol. The molecule has 0 aliphatic carbocycles. The fourth-order valence-corrected chi connectivity index (χ4v) is 1.49. The second-order valence-corrected chi connectivity index (χ2v) is 3.51. The van der Waals surface area contributed by atoms with Gasteiger partial charge in [0.2, 0.25) is 0 Å². The largest absolute Gasteiger partial charge is 0.508 e. The van der Waals surface area contributed by atoms with Gasteiger partial charge in [-0.05, 0) is 6.92 Å². The highest BCUT2D eigenvalue weighted by Gasteiger charge is 2.20. The minimum Gasteiger partial charge on any atom is -0.508 e. The van der Waals surface area contributed by atoms with Gasteiger partial charge in [-0.1, -0.05) is 0 Å². The van der Waals surface area contributed by atoms with E-state index < -0.39 is 12.0 Å². The van der Waals surface area contributed by atoms with E-state index in [9.17, 15) is 15.0 Å². The fourth-order valence-electron chi connectivity index (χ4n) is 1.49. The zero-order valence-corrected chi connectivity index (χ0v) is 10.6. The fraction of sp³-hybridized carbons (Fsp3) is 0.364. The van der Waals surface area contributed by atoms with E-state index in [1.807, 2.05) is 0 Å². The van der Waals surface area contributed by atoms with Crippen LogP contribution in [-0.2, 0) is 9.53 Å². The quantitative estimate of drug-likeness (QED) is 0.615. The second-order valence-electron chi connectivity index (χ2n) is 3.51. The number of phenols is 3. The molecule has 1 rings (SSSR count). The summed E-state index contributed by atoms with van der Waals surface area (Å²) in [7, 11) is 0. The maximum Gasteiger partial charge on any atom is 0.307 e. The van der Waals surface area contributed by atoms with Crippen molar-refractivity contribution in [1.82, 2.24) is 0 Å². The van der Waals surface area contributed by atoms with E-state index in [2.05, 4.69) is 0 Å². The number of rotatable bonds is 4. The van der Waals surface area contributed by atoms with Crippen LogP contribution in [0.3, 0.4) is 0 Å². The molecule has 0 amide bonds. The standard InChI is InChI=1S/C11H15NO5.ClH/c1-2-17-10(16)5-7(12)11-8(14)3-6(13)4-9(11)15;/h3-4,7,13-15H,2,5,12H2,1H3;1H/t7-;/m1./s1. The number of phenolic OH excluding ortho intramolecular Hbond substituents is 3. The van der Waals surface area contributed by atoms with E-state index >= 15 is 0 Å². The Bertz CT molecular complexity index is 401. The van der Waals surface area contributed by atoms with E-state index in [0.717, 1.165) is 12.1 Å². The van der Waals surface area contributed by atoms with E-state index in [1.165, 1.54) is 0 Å². The Hall–Kier alpha value is -1.66. The van der Waals surface area contributed by atoms with E-state index in [0.29, 0.717) is 0 Å². The van der Waals surface area contributed by atoms with Crippen LogP contribution in [0.5, 0.6) is 17.2 Å². The van der Waals surface area contributed by atoms with Crippen molar-refractivity contribution in [2.45, 2.75) is 19.4 Å². The highest BCUT2D eigenvalue weighted by atomic mass is 35.5. The van der Waals surface area contributed by atoms with Crippen molar-refractivity contribution in [2.75, 3.05) is 6.61 Å². The number of hydrogen-bond acceptors (Lipinski definition) is 6. The van der Waals surface area contributed by atoms with E-state index in [1.54, 1.807) is 6.92 Å². The van der Waals surface area contributed by atoms with E-state index in [-0.39, 0.29) is 48.2 Å². The molecule has 18 heavy (non-hydrogen) atoms. The first-order valence-electron chi connectivity index (χ1n) is 5.11. The van der Waals surface area contributed by atoms with Crippen molar-refractivity contribution in [2.24, 2.45) is 5.73 Å². The van der Waals surface area contributed by atoms with Crippen LogP contribution in [0.25, 0.3) is 0 Å². The van der Waals surface area contributed by atoms with Crippen LogP contribution < -0.4 is 5.73 Å². The molecule has 0 aromatic heterocycles. The smallest absolute Gasteiger partial charge is 0.307 e. The molecule has 0 spiro atoms. The van der Waals surface area contributed by atoms with Crippen molar-refractivity contribution >= 4 is 18.4 Å². The van der Waals surface area contributed by atoms with E-state index in [4.69, 9.17) is 15.6 Å². The van der Waals surface area contributed by atoms with Gasteiger partial charge in [-0.25, -0.2) is 0 Å². The number of carbonyl (C=O) groups is 1. The SMILES string of the molecule is CCOC(=O)C[C@@H](N)c1c(O)cc(O)cc1O.Cl. The van der Waals surface area contributed by atoms with Crippen molar-refractivity contribution in [3.8, 4) is 17.2 Å². The third-order valence-corrected chi connectivity index (χ3v) is 2.18. The predicted octanol–water partition coefficient (Wildman–Crippen LogP) is 1.18. The minimum atomic E-state index is -0.894. The van der Waals surface area contributed by atoms with Gasteiger partial charge in [0.05, 0.1) is 18.6 Å². The lowest BCUT2D eigenvalue weighted by Gasteiger charge is -2.14. The molecule has 1 aromatic carbocycles. The average molecular weight is 278 g/mol. The first-order valence-corrected chi connectivity index (χ1v) is 5.11. The molecule has 6 nitrogen and oxygen atoms in total. The van der Waals surface area contributed by atoms with Gasteiger partial charge in [0.1, 0.15) is 17.2 Å². The molecule has 0 saturated heterocycles. The Kier molecular flexibility index (Phi) is 6.29. The molecule has 0 heterocycles. The summed E-state index contributed by atoms with van der Waals surface area (Å²) >= 11 is 0. The first-order chi connectivity index (χ1) is 7.95. The highest BCUT2D eigenvalue weighted by molar-refractivity contribution is 5.85. The molecule has 102 valence electrons. The minimum absolute atomic E-state index is 0. The maximum atomic E-state index is 11.2. The van der Waals surface area contributed by atoms with Gasteiger partial charge >= 0.3 is 5.97 Å². The molecule has 7 heteroatoms. The molecule has 0 bridgehead atoms. The van der Waals surface area contributed by atoms with Crippen molar-refractivity contribution < 1.29 is 24.9 Å². The lowest BCUT2D eigenvalue weighted by Crippen LogP contribution is -2.17. The molecule has 0 saturated carbocycles. The molecule has 1 atom stereocenters. The third kappa shape index (κ3) is 3.97. The summed E-state index contributed by atoms with van der Waals surface area (Å²) < 4.78 is 4.71. The highest BCUT2D eigenvalue weighted by Crippen LogP contribution is 2.36. The van der Waals surface area contributed by atoms with Crippen molar-refractivity contribution in [3.05, 3.63) is 17.7 Å². The Morgan fingerprint density at radius 1 is 1.33 bits per heavy atom. The Morgan fingerprint density at radius 2 is 1.83 bits per heavy atom. The van der Waals surface area contributed by atoms with Gasteiger partial charge in [0, 0.05) is 18.2 Å². The Morgan fingerprint density at radius 3 is 2.28 bits per heavy atom. The predicted molar refractivity (Wildman–Crippen MR) is 66.9 cm³/mol. The molecule has 1 aromatic rings. The lowest BCUT2D eigenvalue weighted by molar-refractivity contribution is -0.143. The summed E-state index contributed by atoms with van der Waals surface area (Å²) in [5, 5.41) is 28.2. The number of esters is 1. The molecule has 0 radical (unpaired) electrons. The van der Waals surface area contributed by atoms with Gasteiger partial charge in [-0.3, -0.25) is 4.79 Å². The van der Waals surface area contributed by atoms with Crippen LogP contribution in [0.2, 0.25) is 0 Å². The van der Waals surface area contributed by atoms with Gasteiger partial charge in [-0.2, -0.15) is 0 Å². The number of benzene rings is 1. The normalized spacial score (nSPS) is 11.4. The topological polar surface area (TPSA) is 113 Å². The monoisotopic (exact) mass is 277 g/mol. The molecular formula is C11H16ClNO5. The molecule has 5 N–H and O–H groups in total. The number of aromatic hydroxyl groups is 3. The number of hydrogen-bond donors (Lipinski definition) is 4. The Balaban J connectivity index is 0.00000289. The third-order valence-electron chi connectivity index (χ3n) is 2.18. The lowest BCUT2D eigenvalue weighted by atomic mass is 10.0. The van der Waals surface area contributed by atoms with Crippen LogP contribution in [0.4, 0.5) is 0 Å². The molecule has 0 aliphatic heterocycles. The van der Waals surface area contributed by atoms with Gasteiger partial charge in [-0.15, -0.1) is 12.4 Å². The second kappa shape index (κ2) is 6.93. The number of ether oxygens (including phenoxy) is 1. The molecule has 0 unspecified atom stereocenters. The summed E-state index contributed by atoms with van der Waals surface area (Å²) in [5.74, 6) is -1.53. The van der Waals surface area contributed by atoms with Crippen LogP contribution >= 0.6 is 12.4 Å². The maximum absolute atomic E-state index is 11.2. The van der Waals surface area contributed by atoms with Crippen LogP contribution in [-0.4, -0.2) is 27.9 Å². The molecule has 0 aliphatic rings.